The van der Waals surface area contributed by atoms with Crippen LogP contribution in [-0.4, -0.2) is 33.4 Å². The predicted octanol–water partition coefficient (Wildman–Crippen LogP) is 2.81. The van der Waals surface area contributed by atoms with Crippen molar-refractivity contribution in [3.05, 3.63) is 40.1 Å². The molecule has 20 heavy (non-hydrogen) atoms. The van der Waals surface area contributed by atoms with Crippen LogP contribution in [0, 0.1) is 6.92 Å². The largest absolute Gasteiger partial charge is 0.338 e. The summed E-state index contributed by atoms with van der Waals surface area (Å²) in [6.45, 7) is 3.64. The van der Waals surface area contributed by atoms with E-state index in [4.69, 9.17) is 0 Å². The van der Waals surface area contributed by atoms with Gasteiger partial charge in [0.2, 0.25) is 0 Å². The highest BCUT2D eigenvalue weighted by molar-refractivity contribution is 7.12. The van der Waals surface area contributed by atoms with Gasteiger partial charge in [-0.3, -0.25) is 4.79 Å². The fourth-order valence-electron chi connectivity index (χ4n) is 2.88. The van der Waals surface area contributed by atoms with E-state index in [1.807, 2.05) is 42.7 Å². The number of nitrogens with zero attached hydrogens (tertiary/aromatic N) is 3. The van der Waals surface area contributed by atoms with Crippen LogP contribution in [0.15, 0.2) is 23.8 Å². The lowest BCUT2D eigenvalue weighted by Crippen LogP contribution is -2.39. The Morgan fingerprint density at radius 3 is 3.00 bits per heavy atom. The first-order valence-corrected chi connectivity index (χ1v) is 7.85. The van der Waals surface area contributed by atoms with E-state index in [0.29, 0.717) is 5.92 Å². The van der Waals surface area contributed by atoms with E-state index in [1.165, 1.54) is 0 Å². The smallest absolute Gasteiger partial charge is 0.264 e. The number of thiophene rings is 1. The van der Waals surface area contributed by atoms with Gasteiger partial charge in [0.05, 0.1) is 4.88 Å². The fraction of sp³-hybridized carbons (Fsp3) is 0.467. The van der Waals surface area contributed by atoms with Gasteiger partial charge >= 0.3 is 0 Å². The van der Waals surface area contributed by atoms with E-state index >= 15 is 0 Å². The van der Waals surface area contributed by atoms with Crippen LogP contribution in [0.1, 0.15) is 39.8 Å². The van der Waals surface area contributed by atoms with Gasteiger partial charge in [0.1, 0.15) is 5.82 Å². The Morgan fingerprint density at radius 2 is 2.35 bits per heavy atom. The van der Waals surface area contributed by atoms with Crippen molar-refractivity contribution in [1.82, 2.24) is 14.5 Å². The van der Waals surface area contributed by atoms with Crippen molar-refractivity contribution < 1.29 is 4.79 Å². The zero-order chi connectivity index (χ0) is 14.1. The highest BCUT2D eigenvalue weighted by atomic mass is 32.1. The van der Waals surface area contributed by atoms with Crippen molar-refractivity contribution >= 4 is 17.2 Å². The summed E-state index contributed by atoms with van der Waals surface area (Å²) in [7, 11) is 2.02. The van der Waals surface area contributed by atoms with Crippen molar-refractivity contribution in [2.75, 3.05) is 13.1 Å². The molecule has 2 aromatic heterocycles. The first-order chi connectivity index (χ1) is 9.66. The van der Waals surface area contributed by atoms with E-state index in [1.54, 1.807) is 11.3 Å². The summed E-state index contributed by atoms with van der Waals surface area (Å²) in [5.41, 5.74) is 1.08. The molecule has 3 heterocycles. The number of aryl methyl sites for hydroxylation is 2. The van der Waals surface area contributed by atoms with Gasteiger partial charge in [0.15, 0.2) is 0 Å². The summed E-state index contributed by atoms with van der Waals surface area (Å²) < 4.78 is 2.06. The highest BCUT2D eigenvalue weighted by Gasteiger charge is 2.28. The Balaban J connectivity index is 1.77. The highest BCUT2D eigenvalue weighted by Crippen LogP contribution is 2.27. The first-order valence-electron chi connectivity index (χ1n) is 6.97. The van der Waals surface area contributed by atoms with E-state index in [9.17, 15) is 4.79 Å². The number of rotatable bonds is 2. The maximum Gasteiger partial charge on any atom is 0.264 e. The summed E-state index contributed by atoms with van der Waals surface area (Å²) in [6, 6.07) is 2.01. The molecule has 1 aliphatic heterocycles. The van der Waals surface area contributed by atoms with Gasteiger partial charge in [-0.15, -0.1) is 11.3 Å². The number of carbonyl (C=O) groups is 1. The Hall–Kier alpha value is -1.62. The quantitative estimate of drug-likeness (QED) is 0.852. The second-order valence-corrected chi connectivity index (χ2v) is 6.34. The molecule has 2 aromatic rings. The van der Waals surface area contributed by atoms with E-state index in [2.05, 4.69) is 9.55 Å². The molecule has 0 aromatic carbocycles. The van der Waals surface area contributed by atoms with Crippen LogP contribution in [0.25, 0.3) is 0 Å². The third-order valence-electron chi connectivity index (χ3n) is 3.99. The van der Waals surface area contributed by atoms with Crippen LogP contribution in [0.4, 0.5) is 0 Å². The SMILES string of the molecule is Cc1ccsc1C(=O)N1CCC[C@@H](c2nccn2C)C1. The lowest BCUT2D eigenvalue weighted by molar-refractivity contribution is 0.0708. The molecule has 0 saturated carbocycles. The molecular weight excluding hydrogens is 270 g/mol. The molecule has 0 radical (unpaired) electrons. The van der Waals surface area contributed by atoms with Crippen LogP contribution < -0.4 is 0 Å². The molecule has 0 aliphatic carbocycles. The third-order valence-corrected chi connectivity index (χ3v) is 4.99. The predicted molar refractivity (Wildman–Crippen MR) is 80.1 cm³/mol. The van der Waals surface area contributed by atoms with Gasteiger partial charge in [-0.2, -0.15) is 0 Å². The van der Waals surface area contributed by atoms with Gasteiger partial charge in [-0.05, 0) is 36.8 Å². The molecule has 1 fully saturated rings. The molecule has 4 nitrogen and oxygen atoms in total. The van der Waals surface area contributed by atoms with Crippen LogP contribution in [0.5, 0.6) is 0 Å². The number of aromatic nitrogens is 2. The molecular formula is C15H19N3OS. The number of hydrogen-bond donors (Lipinski definition) is 0. The number of carbonyl (C=O) groups excluding carboxylic acids is 1. The zero-order valence-corrected chi connectivity index (χ0v) is 12.7. The minimum atomic E-state index is 0.177. The topological polar surface area (TPSA) is 38.1 Å². The first kappa shape index (κ1) is 13.4. The van der Waals surface area contributed by atoms with Crippen molar-refractivity contribution in [1.29, 1.82) is 0 Å². The standard InChI is InChI=1S/C15H19N3OS/c1-11-5-9-20-13(11)15(19)18-7-3-4-12(10-18)14-16-6-8-17(14)2/h5-6,8-9,12H,3-4,7,10H2,1-2H3/t12-/m1/s1. The molecule has 1 amide bonds. The molecule has 5 heteroatoms. The fourth-order valence-corrected chi connectivity index (χ4v) is 3.77. The normalized spacial score (nSPS) is 19.3. The average Bonchev–Trinajstić information content (AvgIpc) is 3.07. The van der Waals surface area contributed by atoms with Crippen LogP contribution in [0.2, 0.25) is 0 Å². The van der Waals surface area contributed by atoms with E-state index in [0.717, 1.165) is 42.2 Å². The summed E-state index contributed by atoms with van der Waals surface area (Å²) in [5, 5.41) is 1.99. The average molecular weight is 289 g/mol. The third kappa shape index (κ3) is 2.38. The second kappa shape index (κ2) is 5.40. The Bertz CT molecular complexity index is 616. The maximum absolute atomic E-state index is 12.6. The summed E-state index contributed by atoms with van der Waals surface area (Å²) >= 11 is 1.54. The van der Waals surface area contributed by atoms with E-state index < -0.39 is 0 Å². The van der Waals surface area contributed by atoms with Crippen molar-refractivity contribution in [2.24, 2.45) is 7.05 Å². The van der Waals surface area contributed by atoms with Gasteiger partial charge in [-0.1, -0.05) is 0 Å². The molecule has 0 spiro atoms. The van der Waals surface area contributed by atoms with Gasteiger partial charge < -0.3 is 9.47 Å². The molecule has 0 unspecified atom stereocenters. The molecule has 1 saturated heterocycles. The number of hydrogen-bond acceptors (Lipinski definition) is 3. The molecule has 0 bridgehead atoms. The summed E-state index contributed by atoms with van der Waals surface area (Å²) in [4.78, 5) is 19.9. The second-order valence-electron chi connectivity index (χ2n) is 5.42. The Kier molecular flexibility index (Phi) is 3.61. The van der Waals surface area contributed by atoms with Crippen LogP contribution in [-0.2, 0) is 7.05 Å². The zero-order valence-electron chi connectivity index (χ0n) is 11.9. The molecule has 1 aliphatic rings. The molecule has 3 rings (SSSR count). The molecule has 106 valence electrons. The van der Waals surface area contributed by atoms with Crippen LogP contribution >= 0.6 is 11.3 Å². The Morgan fingerprint density at radius 1 is 1.50 bits per heavy atom. The van der Waals surface area contributed by atoms with Gasteiger partial charge in [0.25, 0.3) is 5.91 Å². The van der Waals surface area contributed by atoms with Crippen LogP contribution in [0.3, 0.4) is 0 Å². The number of piperidine rings is 1. The lowest BCUT2D eigenvalue weighted by atomic mass is 9.97. The minimum absolute atomic E-state index is 0.177. The maximum atomic E-state index is 12.6. The molecule has 0 N–H and O–H groups in total. The monoisotopic (exact) mass is 289 g/mol. The summed E-state index contributed by atoms with van der Waals surface area (Å²) in [5.74, 6) is 1.62. The van der Waals surface area contributed by atoms with Crippen molar-refractivity contribution in [3.63, 3.8) is 0 Å². The van der Waals surface area contributed by atoms with E-state index in [-0.39, 0.29) is 5.91 Å². The minimum Gasteiger partial charge on any atom is -0.338 e. The van der Waals surface area contributed by atoms with Crippen molar-refractivity contribution in [2.45, 2.75) is 25.7 Å². The number of imidazole rings is 1. The Labute approximate surface area is 123 Å². The number of likely N-dealkylation sites (tertiary alicyclic amines) is 1. The summed E-state index contributed by atoms with van der Waals surface area (Å²) in [6.07, 6.45) is 5.96. The van der Waals surface area contributed by atoms with Gasteiger partial charge in [-0.25, -0.2) is 4.98 Å². The number of amides is 1. The molecule has 1 atom stereocenters. The van der Waals surface area contributed by atoms with Gasteiger partial charge in [0, 0.05) is 38.4 Å². The van der Waals surface area contributed by atoms with Crippen molar-refractivity contribution in [3.8, 4) is 0 Å². The lowest BCUT2D eigenvalue weighted by Gasteiger charge is -2.32.